The van der Waals surface area contributed by atoms with Gasteiger partial charge in [-0.3, -0.25) is 4.79 Å². The van der Waals surface area contributed by atoms with E-state index in [0.29, 0.717) is 13.0 Å². The molecule has 0 saturated carbocycles. The van der Waals surface area contributed by atoms with Gasteiger partial charge in [0, 0.05) is 10.9 Å². The lowest BCUT2D eigenvalue weighted by Gasteiger charge is -2.26. The molecule has 20 heavy (non-hydrogen) atoms. The highest BCUT2D eigenvalue weighted by Gasteiger charge is 2.23. The Morgan fingerprint density at radius 2 is 1.90 bits per heavy atom. The fraction of sp³-hybridized carbons (Fsp3) is 0.500. The number of ether oxygens (including phenoxy) is 1. The van der Waals surface area contributed by atoms with Crippen LogP contribution in [0.4, 0.5) is 0 Å². The number of rotatable bonds is 8. The summed E-state index contributed by atoms with van der Waals surface area (Å²) in [6.07, 6.45) is 0.848. The van der Waals surface area contributed by atoms with E-state index >= 15 is 0 Å². The Bertz CT molecular complexity index is 418. The van der Waals surface area contributed by atoms with Crippen LogP contribution in [0.3, 0.4) is 0 Å². The second-order valence-electron chi connectivity index (χ2n) is 4.83. The van der Waals surface area contributed by atoms with Crippen LogP contribution in [0.15, 0.2) is 28.7 Å². The van der Waals surface area contributed by atoms with Crippen molar-refractivity contribution < 1.29 is 19.7 Å². The van der Waals surface area contributed by atoms with Gasteiger partial charge in [-0.15, -0.1) is 0 Å². The van der Waals surface area contributed by atoms with Crippen LogP contribution < -0.4 is 10.1 Å². The first kappa shape index (κ1) is 16.9. The lowest BCUT2D eigenvalue weighted by Crippen LogP contribution is -2.51. The average molecular weight is 346 g/mol. The third kappa shape index (κ3) is 5.90. The summed E-state index contributed by atoms with van der Waals surface area (Å²) in [6, 6.07) is 7.46. The molecule has 0 saturated heterocycles. The molecule has 1 rings (SSSR count). The molecule has 0 heterocycles. The standard InChI is InChI=1S/C14H20BrNO4/c1-14(9-17,10-18)16-13(19)3-2-8-20-12-6-4-11(15)5-7-12/h4-7,17-18H,2-3,8-10H2,1H3,(H,16,19). The van der Waals surface area contributed by atoms with E-state index in [1.54, 1.807) is 6.92 Å². The second-order valence-corrected chi connectivity index (χ2v) is 5.75. The number of carbonyl (C=O) groups excluding carboxylic acids is 1. The number of aliphatic hydroxyl groups excluding tert-OH is 2. The molecule has 1 aromatic carbocycles. The van der Waals surface area contributed by atoms with Crippen molar-refractivity contribution in [2.75, 3.05) is 19.8 Å². The van der Waals surface area contributed by atoms with E-state index in [-0.39, 0.29) is 25.5 Å². The minimum absolute atomic E-state index is 0.213. The number of hydrogen-bond donors (Lipinski definition) is 3. The third-order valence-corrected chi connectivity index (χ3v) is 3.30. The quantitative estimate of drug-likeness (QED) is 0.623. The van der Waals surface area contributed by atoms with Crippen molar-refractivity contribution in [1.82, 2.24) is 5.32 Å². The normalized spacial score (nSPS) is 11.2. The zero-order chi connectivity index (χ0) is 15.0. The Morgan fingerprint density at radius 3 is 2.45 bits per heavy atom. The van der Waals surface area contributed by atoms with Crippen molar-refractivity contribution in [2.45, 2.75) is 25.3 Å². The summed E-state index contributed by atoms with van der Waals surface area (Å²) >= 11 is 3.34. The molecule has 0 aliphatic rings. The number of nitrogens with one attached hydrogen (secondary N) is 1. The van der Waals surface area contributed by atoms with Crippen molar-refractivity contribution in [3.63, 3.8) is 0 Å². The van der Waals surface area contributed by atoms with Gasteiger partial charge in [0.05, 0.1) is 25.4 Å². The van der Waals surface area contributed by atoms with E-state index in [2.05, 4.69) is 21.2 Å². The molecule has 0 unspecified atom stereocenters. The van der Waals surface area contributed by atoms with Crippen molar-refractivity contribution >= 4 is 21.8 Å². The summed E-state index contributed by atoms with van der Waals surface area (Å²) in [4.78, 5) is 11.6. The first-order valence-electron chi connectivity index (χ1n) is 6.40. The SMILES string of the molecule is CC(CO)(CO)NC(=O)CCCOc1ccc(Br)cc1. The van der Waals surface area contributed by atoms with E-state index in [0.717, 1.165) is 10.2 Å². The van der Waals surface area contributed by atoms with E-state index in [1.165, 1.54) is 0 Å². The fourth-order valence-electron chi connectivity index (χ4n) is 1.48. The fourth-order valence-corrected chi connectivity index (χ4v) is 1.75. The molecular formula is C14H20BrNO4. The zero-order valence-electron chi connectivity index (χ0n) is 11.4. The Hall–Kier alpha value is -1.11. The predicted molar refractivity (Wildman–Crippen MR) is 79.6 cm³/mol. The number of carbonyl (C=O) groups is 1. The summed E-state index contributed by atoms with van der Waals surface area (Å²) < 4.78 is 6.48. The van der Waals surface area contributed by atoms with E-state index in [9.17, 15) is 4.79 Å². The molecule has 1 amide bonds. The molecular weight excluding hydrogens is 326 g/mol. The van der Waals surface area contributed by atoms with Gasteiger partial charge in [-0.25, -0.2) is 0 Å². The zero-order valence-corrected chi connectivity index (χ0v) is 13.0. The van der Waals surface area contributed by atoms with Crippen LogP contribution in [0.25, 0.3) is 0 Å². The molecule has 0 fully saturated rings. The molecule has 5 nitrogen and oxygen atoms in total. The van der Waals surface area contributed by atoms with Gasteiger partial charge in [-0.2, -0.15) is 0 Å². The van der Waals surface area contributed by atoms with E-state index in [1.807, 2.05) is 24.3 Å². The first-order valence-corrected chi connectivity index (χ1v) is 7.19. The van der Waals surface area contributed by atoms with Crippen LogP contribution in [-0.4, -0.2) is 41.5 Å². The summed E-state index contributed by atoms with van der Waals surface area (Å²) in [7, 11) is 0. The Kier molecular flexibility index (Phi) is 6.98. The minimum Gasteiger partial charge on any atom is -0.494 e. The van der Waals surface area contributed by atoms with Crippen LogP contribution in [0.5, 0.6) is 5.75 Å². The van der Waals surface area contributed by atoms with Crippen molar-refractivity contribution in [1.29, 1.82) is 0 Å². The monoisotopic (exact) mass is 345 g/mol. The number of benzene rings is 1. The average Bonchev–Trinajstić information content (AvgIpc) is 2.45. The van der Waals surface area contributed by atoms with E-state index in [4.69, 9.17) is 14.9 Å². The highest BCUT2D eigenvalue weighted by molar-refractivity contribution is 9.10. The summed E-state index contributed by atoms with van der Waals surface area (Å²) in [5.41, 5.74) is -0.969. The highest BCUT2D eigenvalue weighted by atomic mass is 79.9. The number of hydrogen-bond acceptors (Lipinski definition) is 4. The summed E-state index contributed by atoms with van der Waals surface area (Å²) in [5, 5.41) is 20.7. The van der Waals surface area contributed by atoms with Crippen LogP contribution in [0, 0.1) is 0 Å². The molecule has 0 aliphatic carbocycles. The molecule has 0 radical (unpaired) electrons. The van der Waals surface area contributed by atoms with Gasteiger partial charge in [0.25, 0.3) is 0 Å². The Morgan fingerprint density at radius 1 is 1.30 bits per heavy atom. The number of aliphatic hydroxyl groups is 2. The van der Waals surface area contributed by atoms with Gasteiger partial charge in [-0.05, 0) is 37.6 Å². The molecule has 6 heteroatoms. The first-order chi connectivity index (χ1) is 9.49. The number of amides is 1. The van der Waals surface area contributed by atoms with Gasteiger partial charge < -0.3 is 20.3 Å². The Balaban J connectivity index is 2.24. The molecule has 0 aliphatic heterocycles. The highest BCUT2D eigenvalue weighted by Crippen LogP contribution is 2.16. The van der Waals surface area contributed by atoms with Crippen LogP contribution in [-0.2, 0) is 4.79 Å². The van der Waals surface area contributed by atoms with Gasteiger partial charge in [0.1, 0.15) is 5.75 Å². The largest absolute Gasteiger partial charge is 0.494 e. The predicted octanol–water partition coefficient (Wildman–Crippen LogP) is 1.47. The lowest BCUT2D eigenvalue weighted by atomic mass is 10.1. The molecule has 0 atom stereocenters. The van der Waals surface area contributed by atoms with Gasteiger partial charge in [-0.1, -0.05) is 15.9 Å². The van der Waals surface area contributed by atoms with Crippen molar-refractivity contribution in [2.24, 2.45) is 0 Å². The smallest absolute Gasteiger partial charge is 0.220 e. The summed E-state index contributed by atoms with van der Waals surface area (Å²) in [6.45, 7) is 1.42. The maximum atomic E-state index is 11.6. The Labute approximate surface area is 127 Å². The van der Waals surface area contributed by atoms with Gasteiger partial charge >= 0.3 is 0 Å². The third-order valence-electron chi connectivity index (χ3n) is 2.77. The number of halogens is 1. The second kappa shape index (κ2) is 8.24. The molecule has 0 spiro atoms. The summed E-state index contributed by atoms with van der Waals surface area (Å²) in [5.74, 6) is 0.541. The minimum atomic E-state index is -0.969. The van der Waals surface area contributed by atoms with Crippen LogP contribution in [0.2, 0.25) is 0 Å². The topological polar surface area (TPSA) is 78.8 Å². The lowest BCUT2D eigenvalue weighted by molar-refractivity contribution is -0.124. The molecule has 1 aromatic rings. The van der Waals surface area contributed by atoms with Crippen LogP contribution >= 0.6 is 15.9 Å². The molecule has 0 aromatic heterocycles. The van der Waals surface area contributed by atoms with E-state index < -0.39 is 5.54 Å². The molecule has 3 N–H and O–H groups in total. The van der Waals surface area contributed by atoms with Crippen molar-refractivity contribution in [3.05, 3.63) is 28.7 Å². The van der Waals surface area contributed by atoms with Crippen LogP contribution in [0.1, 0.15) is 19.8 Å². The van der Waals surface area contributed by atoms with Gasteiger partial charge in [0.2, 0.25) is 5.91 Å². The maximum Gasteiger partial charge on any atom is 0.220 e. The van der Waals surface area contributed by atoms with Crippen molar-refractivity contribution in [3.8, 4) is 5.75 Å². The maximum absolute atomic E-state index is 11.6. The van der Waals surface area contributed by atoms with Gasteiger partial charge in [0.15, 0.2) is 0 Å². The molecule has 112 valence electrons. The molecule has 0 bridgehead atoms.